The fourth-order valence-electron chi connectivity index (χ4n) is 2.96. The summed E-state index contributed by atoms with van der Waals surface area (Å²) in [5.74, 6) is 2.62. The minimum absolute atomic E-state index is 0.519. The van der Waals surface area contributed by atoms with Crippen LogP contribution in [-0.2, 0) is 4.74 Å². The van der Waals surface area contributed by atoms with Gasteiger partial charge in [-0.15, -0.1) is 11.3 Å². The number of hydrogen-bond acceptors (Lipinski definition) is 5. The van der Waals surface area contributed by atoms with Gasteiger partial charge in [0.25, 0.3) is 0 Å². The van der Waals surface area contributed by atoms with E-state index < -0.39 is 0 Å². The molecule has 0 radical (unpaired) electrons. The second-order valence-corrected chi connectivity index (χ2v) is 7.63. The van der Waals surface area contributed by atoms with Crippen molar-refractivity contribution in [2.45, 2.75) is 24.9 Å². The van der Waals surface area contributed by atoms with Gasteiger partial charge < -0.3 is 10.1 Å². The molecule has 5 heteroatoms. The van der Waals surface area contributed by atoms with E-state index in [1.807, 2.05) is 11.3 Å². The number of thioether (sulfide) groups is 1. The maximum absolute atomic E-state index is 5.50. The van der Waals surface area contributed by atoms with Gasteiger partial charge in [0.1, 0.15) is 0 Å². The van der Waals surface area contributed by atoms with Crippen LogP contribution in [0.15, 0.2) is 17.5 Å². The summed E-state index contributed by atoms with van der Waals surface area (Å²) < 4.78 is 5.50. The molecule has 0 spiro atoms. The number of nitrogens with one attached hydrogen (secondary N) is 1. The molecule has 1 aromatic rings. The summed E-state index contributed by atoms with van der Waals surface area (Å²) in [6.45, 7) is 4.95. The molecule has 2 fully saturated rings. The molecule has 0 bridgehead atoms. The normalized spacial score (nSPS) is 26.5. The highest BCUT2D eigenvalue weighted by Crippen LogP contribution is 2.26. The zero-order valence-corrected chi connectivity index (χ0v) is 13.6. The SMILES string of the molecule is c1csc([C@H](CN[C@@H]2CCCSC2)N2CCOCC2)c1. The number of rotatable bonds is 5. The molecule has 20 heavy (non-hydrogen) atoms. The highest BCUT2D eigenvalue weighted by Gasteiger charge is 2.24. The van der Waals surface area contributed by atoms with Crippen molar-refractivity contribution in [1.82, 2.24) is 10.2 Å². The van der Waals surface area contributed by atoms with Crippen LogP contribution in [0.3, 0.4) is 0 Å². The van der Waals surface area contributed by atoms with Crippen LogP contribution in [-0.4, -0.2) is 55.3 Å². The summed E-state index contributed by atoms with van der Waals surface area (Å²) in [5, 5.41) is 6.00. The molecule has 2 aliphatic rings. The standard InChI is InChI=1S/C15H24N2OS2/c1-3-13(12-19-9-1)16-11-14(15-4-2-10-20-15)17-5-7-18-8-6-17/h2,4,10,13-14,16H,1,3,5-9,11-12H2/t13-,14+/m1/s1. The molecule has 0 aromatic carbocycles. The maximum atomic E-state index is 5.50. The molecule has 2 aliphatic heterocycles. The van der Waals surface area contributed by atoms with Crippen molar-refractivity contribution in [3.63, 3.8) is 0 Å². The molecule has 1 N–H and O–H groups in total. The third-order valence-corrected chi connectivity index (χ3v) is 6.31. The Kier molecular flexibility index (Phi) is 5.79. The molecule has 2 atom stereocenters. The molecule has 3 heterocycles. The van der Waals surface area contributed by atoms with Gasteiger partial charge in [-0.3, -0.25) is 4.90 Å². The molecular formula is C15H24N2OS2. The first-order chi connectivity index (χ1) is 9.93. The Morgan fingerprint density at radius 3 is 3.00 bits per heavy atom. The van der Waals surface area contributed by atoms with E-state index >= 15 is 0 Å². The fraction of sp³-hybridized carbons (Fsp3) is 0.733. The summed E-state index contributed by atoms with van der Waals surface area (Å²) in [5.41, 5.74) is 0. The Morgan fingerprint density at radius 1 is 1.40 bits per heavy atom. The zero-order valence-electron chi connectivity index (χ0n) is 11.9. The first-order valence-electron chi connectivity index (χ1n) is 7.60. The monoisotopic (exact) mass is 312 g/mol. The molecule has 0 amide bonds. The highest BCUT2D eigenvalue weighted by atomic mass is 32.2. The topological polar surface area (TPSA) is 24.5 Å². The van der Waals surface area contributed by atoms with Gasteiger partial charge in [0.05, 0.1) is 19.3 Å². The van der Waals surface area contributed by atoms with Gasteiger partial charge in [-0.05, 0) is 30.0 Å². The van der Waals surface area contributed by atoms with Crippen LogP contribution in [0, 0.1) is 0 Å². The van der Waals surface area contributed by atoms with Crippen LogP contribution < -0.4 is 5.32 Å². The number of ether oxygens (including phenoxy) is 1. The minimum Gasteiger partial charge on any atom is -0.379 e. The van der Waals surface area contributed by atoms with Crippen LogP contribution >= 0.6 is 23.1 Å². The van der Waals surface area contributed by atoms with E-state index in [0.717, 1.165) is 32.8 Å². The average molecular weight is 313 g/mol. The van der Waals surface area contributed by atoms with Crippen molar-refractivity contribution in [3.8, 4) is 0 Å². The summed E-state index contributed by atoms with van der Waals surface area (Å²) >= 11 is 3.98. The molecule has 0 aliphatic carbocycles. The lowest BCUT2D eigenvalue weighted by Crippen LogP contribution is -2.45. The first kappa shape index (κ1) is 14.9. The van der Waals surface area contributed by atoms with Gasteiger partial charge in [-0.1, -0.05) is 6.07 Å². The maximum Gasteiger partial charge on any atom is 0.0594 e. The van der Waals surface area contributed by atoms with Crippen molar-refractivity contribution < 1.29 is 4.74 Å². The molecule has 0 unspecified atom stereocenters. The molecule has 112 valence electrons. The third kappa shape index (κ3) is 3.98. The summed E-state index contributed by atoms with van der Waals surface area (Å²) in [6, 6.07) is 5.68. The van der Waals surface area contributed by atoms with E-state index in [4.69, 9.17) is 4.74 Å². The van der Waals surface area contributed by atoms with E-state index in [1.165, 1.54) is 29.2 Å². The first-order valence-corrected chi connectivity index (χ1v) is 9.63. The summed E-state index contributed by atoms with van der Waals surface area (Å²) in [6.07, 6.45) is 2.71. The van der Waals surface area contributed by atoms with Crippen LogP contribution in [0.2, 0.25) is 0 Å². The van der Waals surface area contributed by atoms with E-state index in [9.17, 15) is 0 Å². The van der Waals surface area contributed by atoms with Crippen molar-refractivity contribution in [2.75, 3.05) is 44.4 Å². The number of morpholine rings is 1. The fourth-order valence-corrected chi connectivity index (χ4v) is 4.93. The molecule has 2 saturated heterocycles. The van der Waals surface area contributed by atoms with E-state index in [2.05, 4.69) is 39.5 Å². The van der Waals surface area contributed by atoms with Crippen molar-refractivity contribution in [3.05, 3.63) is 22.4 Å². The van der Waals surface area contributed by atoms with Gasteiger partial charge in [0.15, 0.2) is 0 Å². The molecule has 3 rings (SSSR count). The predicted molar refractivity (Wildman–Crippen MR) is 87.8 cm³/mol. The predicted octanol–water partition coefficient (Wildman–Crippen LogP) is 2.61. The van der Waals surface area contributed by atoms with Crippen LogP contribution in [0.1, 0.15) is 23.8 Å². The molecule has 3 nitrogen and oxygen atoms in total. The second-order valence-electron chi connectivity index (χ2n) is 5.50. The molecule has 0 saturated carbocycles. The molecular weight excluding hydrogens is 288 g/mol. The van der Waals surface area contributed by atoms with Crippen molar-refractivity contribution in [1.29, 1.82) is 0 Å². The van der Waals surface area contributed by atoms with Crippen molar-refractivity contribution in [2.24, 2.45) is 0 Å². The van der Waals surface area contributed by atoms with E-state index in [0.29, 0.717) is 12.1 Å². The van der Waals surface area contributed by atoms with Crippen LogP contribution in [0.25, 0.3) is 0 Å². The Hall–Kier alpha value is -0.0700. The van der Waals surface area contributed by atoms with Gasteiger partial charge in [0, 0.05) is 36.3 Å². The van der Waals surface area contributed by atoms with E-state index in [1.54, 1.807) is 0 Å². The van der Waals surface area contributed by atoms with Crippen LogP contribution in [0.4, 0.5) is 0 Å². The van der Waals surface area contributed by atoms with Crippen LogP contribution in [0.5, 0.6) is 0 Å². The molecule has 1 aromatic heterocycles. The Balaban J connectivity index is 1.59. The Bertz CT molecular complexity index is 373. The third-order valence-electron chi connectivity index (χ3n) is 4.12. The van der Waals surface area contributed by atoms with Gasteiger partial charge in [-0.2, -0.15) is 11.8 Å². The number of hydrogen-bond donors (Lipinski definition) is 1. The lowest BCUT2D eigenvalue weighted by atomic mass is 10.1. The highest BCUT2D eigenvalue weighted by molar-refractivity contribution is 7.99. The number of nitrogens with zero attached hydrogens (tertiary/aromatic N) is 1. The van der Waals surface area contributed by atoms with E-state index in [-0.39, 0.29) is 0 Å². The van der Waals surface area contributed by atoms with Gasteiger partial charge in [0.2, 0.25) is 0 Å². The minimum atomic E-state index is 0.519. The number of thiophene rings is 1. The largest absolute Gasteiger partial charge is 0.379 e. The Morgan fingerprint density at radius 2 is 2.30 bits per heavy atom. The summed E-state index contributed by atoms with van der Waals surface area (Å²) in [4.78, 5) is 4.07. The average Bonchev–Trinajstić information content (AvgIpc) is 3.04. The second kappa shape index (κ2) is 7.80. The quantitative estimate of drug-likeness (QED) is 0.903. The van der Waals surface area contributed by atoms with Gasteiger partial charge in [-0.25, -0.2) is 0 Å². The Labute approximate surface area is 130 Å². The lowest BCUT2D eigenvalue weighted by Gasteiger charge is -2.35. The smallest absolute Gasteiger partial charge is 0.0594 e. The van der Waals surface area contributed by atoms with Gasteiger partial charge >= 0.3 is 0 Å². The zero-order chi connectivity index (χ0) is 13.6. The van der Waals surface area contributed by atoms with Crippen molar-refractivity contribution >= 4 is 23.1 Å². The lowest BCUT2D eigenvalue weighted by molar-refractivity contribution is 0.0164. The summed E-state index contributed by atoms with van der Waals surface area (Å²) in [7, 11) is 0.